The van der Waals surface area contributed by atoms with E-state index in [0.717, 1.165) is 51.1 Å². The second kappa shape index (κ2) is 6.28. The molecule has 1 aromatic rings. The molecule has 3 rings (SSSR count). The van der Waals surface area contributed by atoms with Gasteiger partial charge in [0.1, 0.15) is 0 Å². The summed E-state index contributed by atoms with van der Waals surface area (Å²) in [5.74, 6) is 0.179. The van der Waals surface area contributed by atoms with Crippen molar-refractivity contribution in [2.75, 3.05) is 26.2 Å². The van der Waals surface area contributed by atoms with Gasteiger partial charge in [-0.15, -0.1) is 0 Å². The van der Waals surface area contributed by atoms with E-state index in [2.05, 4.69) is 4.90 Å². The van der Waals surface area contributed by atoms with E-state index in [-0.39, 0.29) is 21.9 Å². The van der Waals surface area contributed by atoms with E-state index in [1.54, 1.807) is 19.1 Å². The molecule has 2 saturated heterocycles. The van der Waals surface area contributed by atoms with Crippen LogP contribution in [0, 0.1) is 15.5 Å². The standard InChI is InChI=1S/C17H23N3O3/c1-14(21)19-9-2-7-17(13-19)8-10-18(12-17)11-15-3-5-16(6-4-15)20(22)23/h3-6H,2,7-13H2,1H3/t17-/m0/s1. The van der Waals surface area contributed by atoms with Gasteiger partial charge >= 0.3 is 0 Å². The van der Waals surface area contributed by atoms with Crippen molar-refractivity contribution in [3.63, 3.8) is 0 Å². The lowest BCUT2D eigenvalue weighted by Crippen LogP contribution is -2.46. The number of piperidine rings is 1. The Morgan fingerprint density at radius 3 is 2.61 bits per heavy atom. The zero-order valence-electron chi connectivity index (χ0n) is 13.5. The van der Waals surface area contributed by atoms with E-state index >= 15 is 0 Å². The van der Waals surface area contributed by atoms with E-state index < -0.39 is 0 Å². The van der Waals surface area contributed by atoms with Crippen LogP contribution in [0.2, 0.25) is 0 Å². The molecule has 0 aromatic heterocycles. The van der Waals surface area contributed by atoms with Gasteiger partial charge in [0.25, 0.3) is 5.69 Å². The second-order valence-electron chi connectivity index (χ2n) is 6.93. The third kappa shape index (κ3) is 3.52. The Bertz CT molecular complexity index is 602. The summed E-state index contributed by atoms with van der Waals surface area (Å²) in [6, 6.07) is 6.82. The van der Waals surface area contributed by atoms with Crippen LogP contribution in [-0.4, -0.2) is 46.8 Å². The Kier molecular flexibility index (Phi) is 4.35. The molecule has 0 unspecified atom stereocenters. The predicted octanol–water partition coefficient (Wildman–Crippen LogP) is 2.43. The summed E-state index contributed by atoms with van der Waals surface area (Å²) < 4.78 is 0. The molecule has 23 heavy (non-hydrogen) atoms. The molecule has 0 saturated carbocycles. The number of benzene rings is 1. The van der Waals surface area contributed by atoms with Crippen molar-refractivity contribution in [3.05, 3.63) is 39.9 Å². The molecule has 0 radical (unpaired) electrons. The van der Waals surface area contributed by atoms with Crippen LogP contribution < -0.4 is 0 Å². The molecule has 1 aromatic carbocycles. The Morgan fingerprint density at radius 2 is 1.96 bits per heavy atom. The van der Waals surface area contributed by atoms with E-state index in [4.69, 9.17) is 0 Å². The van der Waals surface area contributed by atoms with Crippen LogP contribution in [0.5, 0.6) is 0 Å². The van der Waals surface area contributed by atoms with Gasteiger partial charge in [-0.2, -0.15) is 0 Å². The molecular formula is C17H23N3O3. The van der Waals surface area contributed by atoms with Gasteiger partial charge in [0.05, 0.1) is 4.92 Å². The molecule has 6 heteroatoms. The van der Waals surface area contributed by atoms with Crippen LogP contribution in [0.4, 0.5) is 5.69 Å². The smallest absolute Gasteiger partial charge is 0.269 e. The van der Waals surface area contributed by atoms with Crippen molar-refractivity contribution in [1.82, 2.24) is 9.80 Å². The summed E-state index contributed by atoms with van der Waals surface area (Å²) in [7, 11) is 0. The highest BCUT2D eigenvalue weighted by Gasteiger charge is 2.41. The second-order valence-corrected chi connectivity index (χ2v) is 6.93. The fourth-order valence-corrected chi connectivity index (χ4v) is 3.95. The van der Waals surface area contributed by atoms with Crippen LogP contribution in [0.1, 0.15) is 31.7 Å². The van der Waals surface area contributed by atoms with Gasteiger partial charge in [0, 0.05) is 50.7 Å². The third-order valence-electron chi connectivity index (χ3n) is 5.18. The number of non-ortho nitro benzene ring substituents is 1. The van der Waals surface area contributed by atoms with Crippen LogP contribution in [0.15, 0.2) is 24.3 Å². The quantitative estimate of drug-likeness (QED) is 0.634. The number of rotatable bonds is 3. The maximum absolute atomic E-state index is 11.7. The van der Waals surface area contributed by atoms with Crippen LogP contribution in [-0.2, 0) is 11.3 Å². The lowest BCUT2D eigenvalue weighted by molar-refractivity contribution is -0.384. The van der Waals surface area contributed by atoms with E-state index in [1.165, 1.54) is 6.42 Å². The molecule has 124 valence electrons. The van der Waals surface area contributed by atoms with Gasteiger partial charge in [0.15, 0.2) is 0 Å². The maximum atomic E-state index is 11.7. The number of amides is 1. The Morgan fingerprint density at radius 1 is 1.22 bits per heavy atom. The number of nitro benzene ring substituents is 1. The summed E-state index contributed by atoms with van der Waals surface area (Å²) in [5.41, 5.74) is 1.48. The average molecular weight is 317 g/mol. The molecular weight excluding hydrogens is 294 g/mol. The summed E-state index contributed by atoms with van der Waals surface area (Å²) in [5, 5.41) is 10.7. The van der Waals surface area contributed by atoms with Crippen molar-refractivity contribution in [3.8, 4) is 0 Å². The van der Waals surface area contributed by atoms with Crippen molar-refractivity contribution in [2.45, 2.75) is 32.7 Å². The van der Waals surface area contributed by atoms with Crippen LogP contribution >= 0.6 is 0 Å². The fraction of sp³-hybridized carbons (Fsp3) is 0.588. The molecule has 1 spiro atoms. The van der Waals surface area contributed by atoms with Gasteiger partial charge in [-0.05, 0) is 31.4 Å². The lowest BCUT2D eigenvalue weighted by Gasteiger charge is -2.40. The highest BCUT2D eigenvalue weighted by Crippen LogP contribution is 2.39. The summed E-state index contributed by atoms with van der Waals surface area (Å²) in [6.07, 6.45) is 3.41. The SMILES string of the molecule is CC(=O)N1CCC[C@@]2(CCN(Cc3ccc([N+](=O)[O-])cc3)C2)C1. The van der Waals surface area contributed by atoms with E-state index in [9.17, 15) is 14.9 Å². The van der Waals surface area contributed by atoms with Gasteiger partial charge in [-0.1, -0.05) is 12.1 Å². The van der Waals surface area contributed by atoms with Crippen molar-refractivity contribution in [1.29, 1.82) is 0 Å². The lowest BCUT2D eigenvalue weighted by atomic mass is 9.79. The molecule has 2 fully saturated rings. The number of nitro groups is 1. The first-order valence-electron chi connectivity index (χ1n) is 8.19. The monoisotopic (exact) mass is 317 g/mol. The first kappa shape index (κ1) is 15.9. The van der Waals surface area contributed by atoms with Gasteiger partial charge in [-0.25, -0.2) is 0 Å². The first-order chi connectivity index (χ1) is 11.0. The van der Waals surface area contributed by atoms with Crippen LogP contribution in [0.3, 0.4) is 0 Å². The highest BCUT2D eigenvalue weighted by atomic mass is 16.6. The minimum Gasteiger partial charge on any atom is -0.342 e. The molecule has 1 atom stereocenters. The van der Waals surface area contributed by atoms with Crippen LogP contribution in [0.25, 0.3) is 0 Å². The van der Waals surface area contributed by atoms with E-state index in [0.29, 0.717) is 0 Å². The summed E-state index contributed by atoms with van der Waals surface area (Å²) in [4.78, 5) is 26.4. The summed E-state index contributed by atoms with van der Waals surface area (Å²) >= 11 is 0. The topological polar surface area (TPSA) is 66.7 Å². The third-order valence-corrected chi connectivity index (χ3v) is 5.18. The Labute approximate surface area is 136 Å². The summed E-state index contributed by atoms with van der Waals surface area (Å²) in [6.45, 7) is 6.28. The van der Waals surface area contributed by atoms with Gasteiger partial charge in [0.2, 0.25) is 5.91 Å². The minimum atomic E-state index is -0.368. The Balaban J connectivity index is 1.61. The molecule has 0 N–H and O–H groups in total. The fourth-order valence-electron chi connectivity index (χ4n) is 3.95. The Hall–Kier alpha value is -1.95. The number of likely N-dealkylation sites (tertiary alicyclic amines) is 2. The number of carbonyl (C=O) groups excluding carboxylic acids is 1. The van der Waals surface area contributed by atoms with Gasteiger partial charge in [-0.3, -0.25) is 19.8 Å². The average Bonchev–Trinajstić information content (AvgIpc) is 2.90. The minimum absolute atomic E-state index is 0.135. The molecule has 1 amide bonds. The molecule has 6 nitrogen and oxygen atoms in total. The normalized spacial score (nSPS) is 25.0. The van der Waals surface area contributed by atoms with E-state index in [1.807, 2.05) is 17.0 Å². The highest BCUT2D eigenvalue weighted by molar-refractivity contribution is 5.73. The number of hydrogen-bond donors (Lipinski definition) is 0. The van der Waals surface area contributed by atoms with Crippen molar-refractivity contribution < 1.29 is 9.72 Å². The molecule has 2 aliphatic heterocycles. The first-order valence-corrected chi connectivity index (χ1v) is 8.19. The zero-order valence-corrected chi connectivity index (χ0v) is 13.5. The number of carbonyl (C=O) groups is 1. The predicted molar refractivity (Wildman–Crippen MR) is 86.9 cm³/mol. The van der Waals surface area contributed by atoms with Crippen molar-refractivity contribution in [2.24, 2.45) is 5.41 Å². The van der Waals surface area contributed by atoms with Crippen molar-refractivity contribution >= 4 is 11.6 Å². The number of hydrogen-bond acceptors (Lipinski definition) is 4. The molecule has 2 heterocycles. The maximum Gasteiger partial charge on any atom is 0.269 e. The molecule has 0 bridgehead atoms. The molecule has 2 aliphatic rings. The van der Waals surface area contributed by atoms with Gasteiger partial charge < -0.3 is 4.90 Å². The zero-order chi connectivity index (χ0) is 16.4. The molecule has 0 aliphatic carbocycles. The number of nitrogens with zero attached hydrogens (tertiary/aromatic N) is 3. The largest absolute Gasteiger partial charge is 0.342 e.